The number of carbonyl (C=O) groups is 2. The van der Waals surface area contributed by atoms with E-state index < -0.39 is 28.3 Å². The first-order valence-corrected chi connectivity index (χ1v) is 8.75. The molecule has 0 aliphatic heterocycles. The molecule has 0 unspecified atom stereocenters. The number of hydrogen-bond donors (Lipinski definition) is 3. The normalized spacial score (nSPS) is 11.0. The zero-order valence-corrected chi connectivity index (χ0v) is 16.1. The van der Waals surface area contributed by atoms with Crippen LogP contribution in [0.1, 0.15) is 24.5 Å². The molecule has 0 aliphatic carbocycles. The first kappa shape index (κ1) is 22.7. The number of rotatable bonds is 7. The van der Waals surface area contributed by atoms with Gasteiger partial charge >= 0.3 is 6.18 Å². The second-order valence-electron chi connectivity index (χ2n) is 6.42. The van der Waals surface area contributed by atoms with Gasteiger partial charge in [-0.1, -0.05) is 6.07 Å². The Bertz CT molecular complexity index is 977. The van der Waals surface area contributed by atoms with Crippen molar-refractivity contribution >= 4 is 34.6 Å². The molecule has 0 spiro atoms. The monoisotopic (exact) mass is 424 g/mol. The summed E-state index contributed by atoms with van der Waals surface area (Å²) in [4.78, 5) is 33.5. The lowest BCUT2D eigenvalue weighted by atomic mass is 10.1. The van der Waals surface area contributed by atoms with Gasteiger partial charge in [-0.3, -0.25) is 19.7 Å². The fourth-order valence-corrected chi connectivity index (χ4v) is 2.57. The standard InChI is InChI=1S/C19H19F3N4O4/c1-11-3-5-14(24-12(2)27)10-16(11)25-18(28)7-8-23-15-6-4-13(19(20,21)22)9-17(15)26(29)30/h3-6,9-10,23H,7-8H2,1-2H3,(H,24,27)(H,25,28). The van der Waals surface area contributed by atoms with E-state index in [0.717, 1.165) is 17.7 Å². The molecule has 0 bridgehead atoms. The minimum atomic E-state index is -4.70. The molecule has 0 heterocycles. The molecule has 0 aliphatic rings. The number of nitro groups is 1. The number of nitrogens with zero attached hydrogens (tertiary/aromatic N) is 1. The van der Waals surface area contributed by atoms with Crippen LogP contribution in [0.5, 0.6) is 0 Å². The highest BCUT2D eigenvalue weighted by atomic mass is 19.4. The average Bonchev–Trinajstić information content (AvgIpc) is 2.63. The molecule has 0 atom stereocenters. The van der Waals surface area contributed by atoms with Crippen LogP contribution in [0.4, 0.5) is 35.9 Å². The van der Waals surface area contributed by atoms with Crippen LogP contribution in [0.2, 0.25) is 0 Å². The topological polar surface area (TPSA) is 113 Å². The van der Waals surface area contributed by atoms with E-state index >= 15 is 0 Å². The zero-order chi connectivity index (χ0) is 22.5. The Morgan fingerprint density at radius 3 is 2.37 bits per heavy atom. The molecular weight excluding hydrogens is 405 g/mol. The molecule has 3 N–H and O–H groups in total. The van der Waals surface area contributed by atoms with Crippen LogP contribution in [-0.2, 0) is 15.8 Å². The van der Waals surface area contributed by atoms with Gasteiger partial charge in [-0.15, -0.1) is 0 Å². The maximum Gasteiger partial charge on any atom is 0.416 e. The summed E-state index contributed by atoms with van der Waals surface area (Å²) in [6.45, 7) is 3.07. The predicted molar refractivity (Wildman–Crippen MR) is 105 cm³/mol. The summed E-state index contributed by atoms with van der Waals surface area (Å²) in [5.74, 6) is -0.682. The summed E-state index contributed by atoms with van der Waals surface area (Å²) in [5.41, 5.74) is -0.252. The minimum Gasteiger partial charge on any atom is -0.379 e. The summed E-state index contributed by atoms with van der Waals surface area (Å²) >= 11 is 0. The van der Waals surface area contributed by atoms with Gasteiger partial charge in [0, 0.05) is 37.3 Å². The minimum absolute atomic E-state index is 0.0392. The van der Waals surface area contributed by atoms with Crippen LogP contribution in [0.3, 0.4) is 0 Å². The number of nitro benzene ring substituents is 1. The molecule has 2 rings (SSSR count). The van der Waals surface area contributed by atoms with Crippen molar-refractivity contribution in [3.8, 4) is 0 Å². The first-order chi connectivity index (χ1) is 14.0. The number of carbonyl (C=O) groups excluding carboxylic acids is 2. The Morgan fingerprint density at radius 1 is 1.07 bits per heavy atom. The molecular formula is C19H19F3N4O4. The lowest BCUT2D eigenvalue weighted by Crippen LogP contribution is -2.17. The highest BCUT2D eigenvalue weighted by Gasteiger charge is 2.33. The van der Waals surface area contributed by atoms with Crippen LogP contribution in [-0.4, -0.2) is 23.3 Å². The average molecular weight is 424 g/mol. The van der Waals surface area contributed by atoms with Crippen molar-refractivity contribution < 1.29 is 27.7 Å². The van der Waals surface area contributed by atoms with Gasteiger partial charge in [0.2, 0.25) is 11.8 Å². The van der Waals surface area contributed by atoms with Gasteiger partial charge in [-0.25, -0.2) is 0 Å². The van der Waals surface area contributed by atoms with E-state index in [4.69, 9.17) is 0 Å². The van der Waals surface area contributed by atoms with Crippen LogP contribution < -0.4 is 16.0 Å². The van der Waals surface area contributed by atoms with Crippen molar-refractivity contribution in [3.63, 3.8) is 0 Å². The number of anilines is 3. The molecule has 2 aromatic carbocycles. The summed E-state index contributed by atoms with van der Waals surface area (Å²) in [6.07, 6.45) is -4.80. The van der Waals surface area contributed by atoms with E-state index in [9.17, 15) is 32.9 Å². The summed E-state index contributed by atoms with van der Waals surface area (Å²) in [5, 5.41) is 18.9. The fourth-order valence-electron chi connectivity index (χ4n) is 2.57. The Labute approximate surface area is 169 Å². The molecule has 2 amide bonds. The quantitative estimate of drug-likeness (QED) is 0.453. The van der Waals surface area contributed by atoms with Crippen molar-refractivity contribution in [3.05, 3.63) is 57.6 Å². The Balaban J connectivity index is 2.01. The van der Waals surface area contributed by atoms with Crippen LogP contribution in [0.25, 0.3) is 0 Å². The third kappa shape index (κ3) is 6.19. The highest BCUT2D eigenvalue weighted by Crippen LogP contribution is 2.34. The Morgan fingerprint density at radius 2 is 1.77 bits per heavy atom. The van der Waals surface area contributed by atoms with Gasteiger partial charge in [0.05, 0.1) is 10.5 Å². The highest BCUT2D eigenvalue weighted by molar-refractivity contribution is 5.94. The maximum atomic E-state index is 12.7. The van der Waals surface area contributed by atoms with E-state index in [0.29, 0.717) is 17.4 Å². The van der Waals surface area contributed by atoms with E-state index in [1.807, 2.05) is 0 Å². The summed E-state index contributed by atoms with van der Waals surface area (Å²) in [7, 11) is 0. The number of aryl methyl sites for hydroxylation is 1. The molecule has 160 valence electrons. The summed E-state index contributed by atoms with van der Waals surface area (Å²) < 4.78 is 38.2. The third-order valence-corrected chi connectivity index (χ3v) is 4.02. The molecule has 2 aromatic rings. The van der Waals surface area contributed by atoms with Gasteiger partial charge in [-0.05, 0) is 36.8 Å². The zero-order valence-electron chi connectivity index (χ0n) is 16.1. The van der Waals surface area contributed by atoms with Crippen LogP contribution >= 0.6 is 0 Å². The molecule has 8 nitrogen and oxygen atoms in total. The lowest BCUT2D eigenvalue weighted by Gasteiger charge is -2.12. The largest absolute Gasteiger partial charge is 0.416 e. The number of benzene rings is 2. The number of halogens is 3. The van der Waals surface area contributed by atoms with Crippen LogP contribution in [0.15, 0.2) is 36.4 Å². The third-order valence-electron chi connectivity index (χ3n) is 4.02. The second-order valence-corrected chi connectivity index (χ2v) is 6.42. The van der Waals surface area contributed by atoms with E-state index in [2.05, 4.69) is 16.0 Å². The van der Waals surface area contributed by atoms with E-state index in [1.54, 1.807) is 25.1 Å². The van der Waals surface area contributed by atoms with Gasteiger partial charge in [0.1, 0.15) is 5.69 Å². The van der Waals surface area contributed by atoms with Gasteiger partial charge in [0.15, 0.2) is 0 Å². The number of alkyl halides is 3. The Hall–Kier alpha value is -3.63. The number of nitrogens with one attached hydrogen (secondary N) is 3. The van der Waals surface area contributed by atoms with Gasteiger partial charge < -0.3 is 16.0 Å². The predicted octanol–water partition coefficient (Wildman–Crippen LogP) is 4.32. The number of hydrogen-bond acceptors (Lipinski definition) is 5. The summed E-state index contributed by atoms with van der Waals surface area (Å²) in [6, 6.07) is 7.11. The van der Waals surface area contributed by atoms with Gasteiger partial charge in [0.25, 0.3) is 5.69 Å². The van der Waals surface area contributed by atoms with E-state index in [1.165, 1.54) is 6.92 Å². The molecule has 0 aromatic heterocycles. The number of amides is 2. The lowest BCUT2D eigenvalue weighted by molar-refractivity contribution is -0.384. The fraction of sp³-hybridized carbons (Fsp3) is 0.263. The maximum absolute atomic E-state index is 12.7. The van der Waals surface area contributed by atoms with Crippen molar-refractivity contribution in [2.75, 3.05) is 22.5 Å². The molecule has 11 heteroatoms. The van der Waals surface area contributed by atoms with Crippen molar-refractivity contribution in [2.45, 2.75) is 26.4 Å². The van der Waals surface area contributed by atoms with E-state index in [-0.39, 0.29) is 24.6 Å². The second kappa shape index (κ2) is 9.25. The molecule has 0 radical (unpaired) electrons. The van der Waals surface area contributed by atoms with Crippen LogP contribution in [0, 0.1) is 17.0 Å². The SMILES string of the molecule is CC(=O)Nc1ccc(C)c(NC(=O)CCNc2ccc(C(F)(F)F)cc2[N+](=O)[O-])c1. The smallest absolute Gasteiger partial charge is 0.379 e. The molecule has 0 fully saturated rings. The molecule has 0 saturated heterocycles. The van der Waals surface area contributed by atoms with Crippen molar-refractivity contribution in [2.24, 2.45) is 0 Å². The van der Waals surface area contributed by atoms with Gasteiger partial charge in [-0.2, -0.15) is 13.2 Å². The van der Waals surface area contributed by atoms with Crippen molar-refractivity contribution in [1.29, 1.82) is 0 Å². The Kier molecular flexibility index (Phi) is 6.98. The van der Waals surface area contributed by atoms with Crippen molar-refractivity contribution in [1.82, 2.24) is 0 Å². The molecule has 30 heavy (non-hydrogen) atoms. The molecule has 0 saturated carbocycles. The first-order valence-electron chi connectivity index (χ1n) is 8.75.